The van der Waals surface area contributed by atoms with Crippen molar-refractivity contribution in [2.24, 2.45) is 0 Å². The Morgan fingerprint density at radius 1 is 1.06 bits per heavy atom. The van der Waals surface area contributed by atoms with Gasteiger partial charge in [-0.3, -0.25) is 9.88 Å². The Balaban J connectivity index is 1.20. The molecule has 6 heterocycles. The van der Waals surface area contributed by atoms with Crippen LogP contribution >= 0.6 is 11.6 Å². The lowest BCUT2D eigenvalue weighted by Crippen LogP contribution is -2.63. The highest BCUT2D eigenvalue weighted by Crippen LogP contribution is 2.43. The number of ether oxygens (including phenoxy) is 2. The largest absolute Gasteiger partial charge is 0.461 e. The number of fused-ring (bicyclic) bond motifs is 4. The highest BCUT2D eigenvalue weighted by molar-refractivity contribution is 6.36. The molecule has 47 heavy (non-hydrogen) atoms. The molecule has 4 fully saturated rings. The van der Waals surface area contributed by atoms with E-state index in [2.05, 4.69) is 19.8 Å². The Labute approximate surface area is 276 Å². The minimum atomic E-state index is -0.663. The predicted molar refractivity (Wildman–Crippen MR) is 176 cm³/mol. The smallest absolute Gasteiger partial charge is 0.410 e. The average Bonchev–Trinajstić information content (AvgIpc) is 3.70. The summed E-state index contributed by atoms with van der Waals surface area (Å²) >= 11 is 6.42. The van der Waals surface area contributed by atoms with E-state index >= 15 is 4.39 Å². The summed E-state index contributed by atoms with van der Waals surface area (Å²) in [5, 5.41) is 1.39. The first-order valence-corrected chi connectivity index (χ1v) is 16.8. The summed E-state index contributed by atoms with van der Waals surface area (Å²) in [4.78, 5) is 33.4. The highest BCUT2D eigenvalue weighted by atomic mass is 35.5. The summed E-state index contributed by atoms with van der Waals surface area (Å²) < 4.78 is 43.4. The van der Waals surface area contributed by atoms with Crippen molar-refractivity contribution in [1.29, 1.82) is 0 Å². The van der Waals surface area contributed by atoms with Crippen LogP contribution in [0.15, 0.2) is 36.5 Å². The van der Waals surface area contributed by atoms with Gasteiger partial charge in [0.1, 0.15) is 35.1 Å². The van der Waals surface area contributed by atoms with Crippen LogP contribution in [0.5, 0.6) is 6.01 Å². The molecule has 4 saturated heterocycles. The lowest BCUT2D eigenvalue weighted by Gasteiger charge is -2.47. The molecule has 0 spiro atoms. The van der Waals surface area contributed by atoms with Crippen molar-refractivity contribution in [2.75, 3.05) is 37.7 Å². The van der Waals surface area contributed by atoms with Gasteiger partial charge >= 0.3 is 12.1 Å². The number of pyridine rings is 1. The van der Waals surface area contributed by atoms with Gasteiger partial charge in [0.15, 0.2) is 5.82 Å². The van der Waals surface area contributed by atoms with Crippen LogP contribution in [0.1, 0.15) is 52.9 Å². The Morgan fingerprint density at radius 3 is 2.62 bits per heavy atom. The fourth-order valence-electron chi connectivity index (χ4n) is 8.07. The number of hydrogen-bond acceptors (Lipinski definition) is 8. The van der Waals surface area contributed by atoms with Crippen LogP contribution in [0.25, 0.3) is 32.9 Å². The van der Waals surface area contributed by atoms with E-state index in [-0.39, 0.29) is 46.0 Å². The van der Waals surface area contributed by atoms with E-state index < -0.39 is 17.2 Å². The van der Waals surface area contributed by atoms with Crippen molar-refractivity contribution in [2.45, 2.75) is 76.1 Å². The third kappa shape index (κ3) is 5.04. The number of halogens is 3. The van der Waals surface area contributed by atoms with Crippen molar-refractivity contribution in [3.8, 4) is 17.3 Å². The number of benzene rings is 2. The molecule has 0 aliphatic carbocycles. The Hall–Kier alpha value is -3.83. The van der Waals surface area contributed by atoms with Crippen molar-refractivity contribution in [1.82, 2.24) is 24.8 Å². The van der Waals surface area contributed by atoms with Crippen LogP contribution in [-0.4, -0.2) is 86.9 Å². The summed E-state index contributed by atoms with van der Waals surface area (Å²) in [6.45, 7) is 9.16. The third-order valence-electron chi connectivity index (χ3n) is 10.3. The summed E-state index contributed by atoms with van der Waals surface area (Å²) in [6, 6.07) is 8.19. The van der Waals surface area contributed by atoms with Gasteiger partial charge in [0.05, 0.1) is 28.0 Å². The fourth-order valence-corrected chi connectivity index (χ4v) is 8.34. The number of aromatic nitrogens is 3. The zero-order valence-corrected chi connectivity index (χ0v) is 27.5. The quantitative estimate of drug-likeness (QED) is 0.226. The van der Waals surface area contributed by atoms with Crippen molar-refractivity contribution in [3.63, 3.8) is 0 Å². The second kappa shape index (κ2) is 11.1. The van der Waals surface area contributed by atoms with Crippen molar-refractivity contribution < 1.29 is 23.0 Å². The Kier molecular flexibility index (Phi) is 7.22. The Bertz CT molecular complexity index is 1910. The molecular weight excluding hydrogens is 626 g/mol. The van der Waals surface area contributed by atoms with E-state index in [0.29, 0.717) is 47.2 Å². The first-order valence-electron chi connectivity index (χ1n) is 16.4. The van der Waals surface area contributed by atoms with Gasteiger partial charge in [0.25, 0.3) is 0 Å². The minimum absolute atomic E-state index is 0.0148. The molecule has 1 amide bonds. The Morgan fingerprint density at radius 2 is 1.85 bits per heavy atom. The van der Waals surface area contributed by atoms with Crippen LogP contribution in [0.4, 0.5) is 19.4 Å². The molecule has 9 nitrogen and oxygen atoms in total. The van der Waals surface area contributed by atoms with Gasteiger partial charge in [0.2, 0.25) is 0 Å². The topological polar surface area (TPSA) is 83.9 Å². The van der Waals surface area contributed by atoms with Crippen LogP contribution in [0.3, 0.4) is 0 Å². The molecule has 0 N–H and O–H groups in total. The first-order chi connectivity index (χ1) is 22.5. The number of hydrogen-bond donors (Lipinski definition) is 0. The number of carbonyl (C=O) groups is 1. The van der Waals surface area contributed by atoms with Crippen LogP contribution in [0.2, 0.25) is 5.02 Å². The van der Waals surface area contributed by atoms with E-state index in [1.165, 1.54) is 6.07 Å². The number of amides is 1. The number of nitrogens with zero attached hydrogens (tertiary/aromatic N) is 6. The lowest BCUT2D eigenvalue weighted by molar-refractivity contribution is 0.0193. The van der Waals surface area contributed by atoms with Crippen LogP contribution < -0.4 is 9.64 Å². The van der Waals surface area contributed by atoms with Gasteiger partial charge in [-0.2, -0.15) is 9.97 Å². The maximum atomic E-state index is 16.8. The van der Waals surface area contributed by atoms with E-state index in [4.69, 9.17) is 26.1 Å². The van der Waals surface area contributed by atoms with E-state index in [0.717, 1.165) is 45.2 Å². The number of carbonyl (C=O) groups excluding carboxylic acids is 1. The monoisotopic (exact) mass is 662 g/mol. The molecule has 0 bridgehead atoms. The van der Waals surface area contributed by atoms with Gasteiger partial charge in [-0.15, -0.1) is 0 Å². The standard InChI is InChI=1S/C35H37ClF2N6O3/c1-34(2,3)47-33(45)43-16-11-24-25(43)18-44(24)31-22-17-39-29(21-8-4-7-20-9-10-23(37)27(36)26(20)21)28(38)30(22)40-32(41-31)46-19-35-12-5-14-42(35)15-6-13-35/h4,7-10,17,24-25H,5-6,11-16,18-19H2,1-3H3. The van der Waals surface area contributed by atoms with Gasteiger partial charge in [-0.1, -0.05) is 35.9 Å². The van der Waals surface area contributed by atoms with Gasteiger partial charge in [-0.25, -0.2) is 13.6 Å². The maximum Gasteiger partial charge on any atom is 0.410 e. The third-order valence-corrected chi connectivity index (χ3v) is 10.7. The van der Waals surface area contributed by atoms with E-state index in [9.17, 15) is 9.18 Å². The second-order valence-corrected chi connectivity index (χ2v) is 14.6. The molecule has 246 valence electrons. The van der Waals surface area contributed by atoms with Crippen molar-refractivity contribution >= 4 is 45.2 Å². The molecule has 0 radical (unpaired) electrons. The second-order valence-electron chi connectivity index (χ2n) is 14.2. The molecule has 12 heteroatoms. The molecule has 4 aromatic rings. The average molecular weight is 663 g/mol. The highest BCUT2D eigenvalue weighted by Gasteiger charge is 2.51. The van der Waals surface area contributed by atoms with E-state index in [1.54, 1.807) is 35.4 Å². The molecule has 0 saturated carbocycles. The van der Waals surface area contributed by atoms with E-state index in [1.807, 2.05) is 20.8 Å². The minimum Gasteiger partial charge on any atom is -0.461 e. The van der Waals surface area contributed by atoms with Crippen molar-refractivity contribution in [3.05, 3.63) is 53.2 Å². The number of anilines is 1. The molecule has 2 aromatic heterocycles. The molecule has 2 unspecified atom stereocenters. The molecule has 8 rings (SSSR count). The van der Waals surface area contributed by atoms with Gasteiger partial charge in [0, 0.05) is 30.2 Å². The van der Waals surface area contributed by atoms with Gasteiger partial charge in [-0.05, 0) is 77.4 Å². The number of likely N-dealkylation sites (tertiary alicyclic amines) is 1. The predicted octanol–water partition coefficient (Wildman–Crippen LogP) is 6.98. The summed E-state index contributed by atoms with van der Waals surface area (Å²) in [7, 11) is 0. The molecule has 4 aliphatic rings. The first kappa shape index (κ1) is 30.5. The SMILES string of the molecule is CC(C)(C)OC(=O)N1CCC2C1CN2c1nc(OCC23CCCN2CCC3)nc2c(F)c(-c3cccc4ccc(F)c(Cl)c34)ncc12. The fraction of sp³-hybridized carbons (Fsp3) is 0.486. The summed E-state index contributed by atoms with van der Waals surface area (Å²) in [5.74, 6) is -0.738. The molecule has 4 aliphatic heterocycles. The molecular formula is C35H37ClF2N6O3. The zero-order valence-electron chi connectivity index (χ0n) is 26.7. The zero-order chi connectivity index (χ0) is 32.7. The number of rotatable bonds is 5. The van der Waals surface area contributed by atoms with Gasteiger partial charge < -0.3 is 19.3 Å². The summed E-state index contributed by atoms with van der Waals surface area (Å²) in [5.41, 5.74) is -0.195. The molecule has 2 atom stereocenters. The van der Waals surface area contributed by atoms with Crippen LogP contribution in [-0.2, 0) is 4.74 Å². The normalized spacial score (nSPS) is 22.1. The lowest BCUT2D eigenvalue weighted by atomic mass is 9.95. The van der Waals surface area contributed by atoms with Crippen LogP contribution in [0, 0.1) is 11.6 Å². The molecule has 2 aromatic carbocycles. The summed E-state index contributed by atoms with van der Waals surface area (Å²) in [6.07, 6.45) is 6.29. The maximum absolute atomic E-state index is 16.8.